The molecule has 1 aromatic rings. The van der Waals surface area contributed by atoms with E-state index in [4.69, 9.17) is 9.52 Å². The third kappa shape index (κ3) is 1.96. The topological polar surface area (TPSA) is 58.3 Å². The number of aromatic nitrogens is 1. The van der Waals surface area contributed by atoms with Crippen molar-refractivity contribution in [3.8, 4) is 0 Å². The van der Waals surface area contributed by atoms with Gasteiger partial charge in [0.2, 0.25) is 5.89 Å². The van der Waals surface area contributed by atoms with Gasteiger partial charge in [-0.05, 0) is 32.2 Å². The predicted octanol–water partition coefficient (Wildman–Crippen LogP) is 1.02. The largest absolute Gasteiger partial charge is 0.444 e. The maximum atomic E-state index is 9.08. The van der Waals surface area contributed by atoms with Crippen molar-refractivity contribution in [3.05, 3.63) is 17.8 Å². The van der Waals surface area contributed by atoms with Crippen molar-refractivity contribution < 1.29 is 9.52 Å². The van der Waals surface area contributed by atoms with Gasteiger partial charge < -0.3 is 14.8 Å². The Labute approximate surface area is 83.3 Å². The van der Waals surface area contributed by atoms with Crippen molar-refractivity contribution in [2.75, 3.05) is 13.2 Å². The maximum absolute atomic E-state index is 9.08. The summed E-state index contributed by atoms with van der Waals surface area (Å²) in [6, 6.07) is 0.176. The Balaban J connectivity index is 2.04. The van der Waals surface area contributed by atoms with Gasteiger partial charge >= 0.3 is 0 Å². The Kier molecular flexibility index (Phi) is 2.84. The lowest BCUT2D eigenvalue weighted by molar-refractivity contribution is 0.167. The molecule has 0 radical (unpaired) electrons. The summed E-state index contributed by atoms with van der Waals surface area (Å²) in [5, 5.41) is 12.4. The van der Waals surface area contributed by atoms with Crippen LogP contribution >= 0.6 is 0 Å². The van der Waals surface area contributed by atoms with E-state index >= 15 is 0 Å². The van der Waals surface area contributed by atoms with E-state index in [1.165, 1.54) is 0 Å². The van der Waals surface area contributed by atoms with Crippen LogP contribution in [0.2, 0.25) is 0 Å². The molecule has 4 nitrogen and oxygen atoms in total. The smallest absolute Gasteiger partial charge is 0.211 e. The minimum absolute atomic E-state index is 0.176. The zero-order valence-electron chi connectivity index (χ0n) is 8.36. The Bertz CT molecular complexity index is 298. The van der Waals surface area contributed by atoms with Gasteiger partial charge in [-0.15, -0.1) is 0 Å². The van der Waals surface area contributed by atoms with E-state index in [0.717, 1.165) is 31.0 Å². The molecule has 2 rings (SSSR count). The fraction of sp³-hybridized carbons (Fsp3) is 0.700. The number of aliphatic hydroxyl groups is 1. The highest BCUT2D eigenvalue weighted by atomic mass is 16.4. The van der Waals surface area contributed by atoms with Crippen molar-refractivity contribution in [2.24, 2.45) is 5.92 Å². The molecule has 14 heavy (non-hydrogen) atoms. The summed E-state index contributed by atoms with van der Waals surface area (Å²) in [5.74, 6) is 1.97. The summed E-state index contributed by atoms with van der Waals surface area (Å²) < 4.78 is 5.46. The molecule has 0 amide bonds. The highest BCUT2D eigenvalue weighted by Gasteiger charge is 2.25. The minimum Gasteiger partial charge on any atom is -0.444 e. The molecule has 2 atom stereocenters. The van der Waals surface area contributed by atoms with E-state index in [9.17, 15) is 0 Å². The molecule has 0 spiro atoms. The number of nitrogens with one attached hydrogen (secondary N) is 1. The van der Waals surface area contributed by atoms with Crippen LogP contribution in [-0.2, 0) is 0 Å². The maximum Gasteiger partial charge on any atom is 0.211 e. The molecule has 0 bridgehead atoms. The van der Waals surface area contributed by atoms with Crippen molar-refractivity contribution in [2.45, 2.75) is 25.8 Å². The molecule has 0 aromatic carbocycles. The van der Waals surface area contributed by atoms with Crippen molar-refractivity contribution >= 4 is 0 Å². The minimum atomic E-state index is 0.176. The summed E-state index contributed by atoms with van der Waals surface area (Å²) in [6.45, 7) is 3.08. The Hall–Kier alpha value is -0.870. The molecule has 1 aliphatic rings. The quantitative estimate of drug-likeness (QED) is 0.741. The number of hydrogen-bond acceptors (Lipinski definition) is 4. The number of rotatable bonds is 2. The first kappa shape index (κ1) is 9.68. The first-order chi connectivity index (χ1) is 6.79. The molecule has 2 unspecified atom stereocenters. The number of hydrogen-bond donors (Lipinski definition) is 2. The van der Waals surface area contributed by atoms with E-state index in [1.54, 1.807) is 6.20 Å². The van der Waals surface area contributed by atoms with Crippen LogP contribution in [-0.4, -0.2) is 23.2 Å². The fourth-order valence-corrected chi connectivity index (χ4v) is 1.88. The second-order valence-electron chi connectivity index (χ2n) is 3.89. The molecular formula is C10H16N2O2. The van der Waals surface area contributed by atoms with Gasteiger partial charge in [0.1, 0.15) is 5.76 Å². The van der Waals surface area contributed by atoms with Crippen LogP contribution in [0.1, 0.15) is 30.5 Å². The SMILES string of the molecule is Cc1cnc(C2CC(CO)CCN2)o1. The van der Waals surface area contributed by atoms with Crippen molar-refractivity contribution in [1.29, 1.82) is 0 Å². The second-order valence-corrected chi connectivity index (χ2v) is 3.89. The van der Waals surface area contributed by atoms with E-state index in [1.807, 2.05) is 6.92 Å². The van der Waals surface area contributed by atoms with Gasteiger partial charge in [-0.25, -0.2) is 4.98 Å². The molecule has 0 saturated carbocycles. The number of aryl methyl sites for hydroxylation is 1. The van der Waals surface area contributed by atoms with E-state index in [0.29, 0.717) is 5.92 Å². The Morgan fingerprint density at radius 1 is 1.71 bits per heavy atom. The summed E-state index contributed by atoms with van der Waals surface area (Å²) in [7, 11) is 0. The Morgan fingerprint density at radius 2 is 2.57 bits per heavy atom. The van der Waals surface area contributed by atoms with E-state index in [-0.39, 0.29) is 12.6 Å². The highest BCUT2D eigenvalue weighted by molar-refractivity contribution is 4.98. The van der Waals surface area contributed by atoms with Crippen molar-refractivity contribution in [3.63, 3.8) is 0 Å². The highest BCUT2D eigenvalue weighted by Crippen LogP contribution is 2.26. The number of oxazole rings is 1. The molecule has 1 saturated heterocycles. The second kappa shape index (κ2) is 4.11. The van der Waals surface area contributed by atoms with Gasteiger partial charge in [-0.1, -0.05) is 0 Å². The molecule has 4 heteroatoms. The molecule has 1 aliphatic heterocycles. The summed E-state index contributed by atoms with van der Waals surface area (Å²) in [5.41, 5.74) is 0. The molecule has 0 aliphatic carbocycles. The van der Waals surface area contributed by atoms with Crippen LogP contribution < -0.4 is 5.32 Å². The summed E-state index contributed by atoms with van der Waals surface area (Å²) >= 11 is 0. The lowest BCUT2D eigenvalue weighted by Crippen LogP contribution is -2.33. The zero-order valence-corrected chi connectivity index (χ0v) is 8.36. The van der Waals surface area contributed by atoms with Crippen molar-refractivity contribution in [1.82, 2.24) is 10.3 Å². The Morgan fingerprint density at radius 3 is 3.21 bits per heavy atom. The van der Waals surface area contributed by atoms with Crippen LogP contribution in [0.4, 0.5) is 0 Å². The summed E-state index contributed by atoms with van der Waals surface area (Å²) in [4.78, 5) is 4.20. The van der Waals surface area contributed by atoms with Gasteiger partial charge in [0, 0.05) is 6.61 Å². The lowest BCUT2D eigenvalue weighted by Gasteiger charge is -2.26. The monoisotopic (exact) mass is 196 g/mol. The van der Waals surface area contributed by atoms with Crippen LogP contribution in [0.5, 0.6) is 0 Å². The number of piperidine rings is 1. The first-order valence-corrected chi connectivity index (χ1v) is 5.06. The molecule has 2 N–H and O–H groups in total. The van der Waals surface area contributed by atoms with Crippen LogP contribution in [0.3, 0.4) is 0 Å². The molecule has 1 fully saturated rings. The van der Waals surface area contributed by atoms with Gasteiger partial charge in [0.25, 0.3) is 0 Å². The normalized spacial score (nSPS) is 27.9. The summed E-state index contributed by atoms with van der Waals surface area (Å²) in [6.07, 6.45) is 3.68. The van der Waals surface area contributed by atoms with Gasteiger partial charge in [0.05, 0.1) is 12.2 Å². The first-order valence-electron chi connectivity index (χ1n) is 5.06. The number of nitrogens with zero attached hydrogens (tertiary/aromatic N) is 1. The standard InChI is InChI=1S/C10H16N2O2/c1-7-5-12-10(14-7)9-4-8(6-13)2-3-11-9/h5,8-9,11,13H,2-4,6H2,1H3. The fourth-order valence-electron chi connectivity index (χ4n) is 1.88. The van der Waals surface area contributed by atoms with Gasteiger partial charge in [-0.2, -0.15) is 0 Å². The molecule has 78 valence electrons. The third-order valence-electron chi connectivity index (χ3n) is 2.71. The van der Waals surface area contributed by atoms with E-state index in [2.05, 4.69) is 10.3 Å². The third-order valence-corrected chi connectivity index (χ3v) is 2.71. The average molecular weight is 196 g/mol. The molecule has 2 heterocycles. The number of aliphatic hydroxyl groups excluding tert-OH is 1. The average Bonchev–Trinajstić information content (AvgIpc) is 2.65. The van der Waals surface area contributed by atoms with Gasteiger partial charge in [0.15, 0.2) is 0 Å². The van der Waals surface area contributed by atoms with Crippen LogP contribution in [0.15, 0.2) is 10.6 Å². The van der Waals surface area contributed by atoms with Crippen LogP contribution in [0, 0.1) is 12.8 Å². The predicted molar refractivity (Wildman–Crippen MR) is 51.8 cm³/mol. The zero-order chi connectivity index (χ0) is 9.97. The van der Waals surface area contributed by atoms with E-state index < -0.39 is 0 Å². The lowest BCUT2D eigenvalue weighted by atomic mass is 9.93. The molecular weight excluding hydrogens is 180 g/mol. The van der Waals surface area contributed by atoms with Gasteiger partial charge in [-0.3, -0.25) is 0 Å². The van der Waals surface area contributed by atoms with Crippen LogP contribution in [0.25, 0.3) is 0 Å². The molecule has 1 aromatic heterocycles.